The van der Waals surface area contributed by atoms with E-state index in [1.54, 1.807) is 39.0 Å². The average molecular weight is 340 g/mol. The van der Waals surface area contributed by atoms with Crippen molar-refractivity contribution < 1.29 is 17.9 Å². The molecule has 128 valence electrons. The lowest BCUT2D eigenvalue weighted by atomic mass is 10.2. The summed E-state index contributed by atoms with van der Waals surface area (Å²) in [6.07, 6.45) is 0.283. The number of sulfone groups is 1. The van der Waals surface area contributed by atoms with Gasteiger partial charge < -0.3 is 15.5 Å². The zero-order valence-corrected chi connectivity index (χ0v) is 14.6. The van der Waals surface area contributed by atoms with Crippen molar-refractivity contribution in [2.45, 2.75) is 44.1 Å². The van der Waals surface area contributed by atoms with Crippen molar-refractivity contribution in [2.75, 3.05) is 12.3 Å². The van der Waals surface area contributed by atoms with Crippen molar-refractivity contribution in [3.8, 4) is 0 Å². The fraction of sp³-hybridized carbons (Fsp3) is 0.500. The Morgan fingerprint density at radius 1 is 1.22 bits per heavy atom. The average Bonchev–Trinajstić information content (AvgIpc) is 2.42. The van der Waals surface area contributed by atoms with Crippen molar-refractivity contribution in [1.82, 2.24) is 5.32 Å². The van der Waals surface area contributed by atoms with E-state index in [1.807, 2.05) is 0 Å². The van der Waals surface area contributed by atoms with Crippen LogP contribution in [-0.2, 0) is 14.6 Å². The molecule has 0 aliphatic rings. The molecule has 0 radical (unpaired) electrons. The number of carbonyl (C=O) groups excluding carboxylic acids is 1. The van der Waals surface area contributed by atoms with E-state index in [4.69, 9.17) is 10.1 Å². The summed E-state index contributed by atoms with van der Waals surface area (Å²) in [4.78, 5) is 11.7. The minimum absolute atomic E-state index is 0.125. The molecule has 0 heterocycles. The first kappa shape index (κ1) is 19.2. The molecule has 6 nitrogen and oxygen atoms in total. The highest BCUT2D eigenvalue weighted by molar-refractivity contribution is 7.92. The van der Waals surface area contributed by atoms with Crippen LogP contribution in [0.1, 0.15) is 33.6 Å². The molecule has 0 aliphatic carbocycles. The van der Waals surface area contributed by atoms with E-state index in [2.05, 4.69) is 5.32 Å². The maximum absolute atomic E-state index is 12.1. The molecule has 1 aromatic rings. The van der Waals surface area contributed by atoms with Crippen molar-refractivity contribution in [3.63, 3.8) is 0 Å². The Morgan fingerprint density at radius 3 is 2.39 bits per heavy atom. The number of alkyl carbamates (subject to hydrolysis) is 1. The van der Waals surface area contributed by atoms with Crippen LogP contribution in [0.25, 0.3) is 0 Å². The van der Waals surface area contributed by atoms with Crippen LogP contribution in [-0.4, -0.2) is 38.1 Å². The van der Waals surface area contributed by atoms with Crippen LogP contribution in [0.5, 0.6) is 0 Å². The SMILES string of the molecule is CC(C)(C)OC(=O)NCCCC(=N)CS(=O)(=O)c1ccccc1. The molecule has 0 fully saturated rings. The van der Waals surface area contributed by atoms with Crippen molar-refractivity contribution in [3.05, 3.63) is 30.3 Å². The molecule has 2 N–H and O–H groups in total. The summed E-state index contributed by atoms with van der Waals surface area (Å²) < 4.78 is 29.3. The predicted octanol–water partition coefficient (Wildman–Crippen LogP) is 2.78. The molecule has 0 saturated heterocycles. The summed E-state index contributed by atoms with van der Waals surface area (Å²) in [5.41, 5.74) is -0.430. The quantitative estimate of drug-likeness (QED) is 0.589. The van der Waals surface area contributed by atoms with Crippen LogP contribution in [0, 0.1) is 5.41 Å². The summed E-state index contributed by atoms with van der Waals surface area (Å²) in [5.74, 6) is -0.302. The molecule has 1 amide bonds. The number of hydrogen-bond donors (Lipinski definition) is 2. The molecule has 0 aliphatic heterocycles. The molecule has 7 heteroatoms. The number of rotatable bonds is 7. The lowest BCUT2D eigenvalue weighted by molar-refractivity contribution is 0.0527. The molecule has 0 aromatic heterocycles. The third-order valence-corrected chi connectivity index (χ3v) is 4.51. The third-order valence-electron chi connectivity index (χ3n) is 2.79. The molecule has 0 bridgehead atoms. The molecule has 0 unspecified atom stereocenters. The fourth-order valence-corrected chi connectivity index (χ4v) is 3.16. The topological polar surface area (TPSA) is 96.3 Å². The Kier molecular flexibility index (Phi) is 6.75. The fourth-order valence-electron chi connectivity index (χ4n) is 1.82. The number of benzene rings is 1. The summed E-state index contributed by atoms with van der Waals surface area (Å²) >= 11 is 0. The van der Waals surface area contributed by atoms with Gasteiger partial charge in [0.2, 0.25) is 0 Å². The summed E-state index contributed by atoms with van der Waals surface area (Å²) in [5, 5.41) is 10.4. The smallest absolute Gasteiger partial charge is 0.407 e. The van der Waals surface area contributed by atoms with Crippen LogP contribution in [0.3, 0.4) is 0 Å². The highest BCUT2D eigenvalue weighted by Crippen LogP contribution is 2.11. The van der Waals surface area contributed by atoms with Gasteiger partial charge in [0, 0.05) is 12.3 Å². The second-order valence-corrected chi connectivity index (χ2v) is 8.20. The van der Waals surface area contributed by atoms with Crippen molar-refractivity contribution >= 4 is 21.6 Å². The van der Waals surface area contributed by atoms with Crippen molar-refractivity contribution in [2.24, 2.45) is 0 Å². The van der Waals surface area contributed by atoms with E-state index >= 15 is 0 Å². The maximum atomic E-state index is 12.1. The van der Waals surface area contributed by atoms with Gasteiger partial charge in [-0.05, 0) is 45.7 Å². The zero-order chi connectivity index (χ0) is 17.5. The van der Waals surface area contributed by atoms with Gasteiger partial charge in [0.05, 0.1) is 10.6 Å². The van der Waals surface area contributed by atoms with E-state index in [0.717, 1.165) is 0 Å². The van der Waals surface area contributed by atoms with Crippen LogP contribution in [0.2, 0.25) is 0 Å². The largest absolute Gasteiger partial charge is 0.444 e. The minimum atomic E-state index is -3.47. The molecular formula is C16H24N2O4S. The second kappa shape index (κ2) is 8.10. The lowest BCUT2D eigenvalue weighted by Crippen LogP contribution is -2.33. The zero-order valence-electron chi connectivity index (χ0n) is 13.8. The van der Waals surface area contributed by atoms with Gasteiger partial charge >= 0.3 is 6.09 Å². The highest BCUT2D eigenvalue weighted by Gasteiger charge is 2.17. The van der Waals surface area contributed by atoms with Gasteiger partial charge in [-0.25, -0.2) is 13.2 Å². The second-order valence-electron chi connectivity index (χ2n) is 6.21. The molecule has 23 heavy (non-hydrogen) atoms. The Morgan fingerprint density at radius 2 is 1.83 bits per heavy atom. The summed E-state index contributed by atoms with van der Waals surface area (Å²) in [6, 6.07) is 8.09. The third kappa shape index (κ3) is 7.78. The number of hydrogen-bond acceptors (Lipinski definition) is 5. The molecule has 0 spiro atoms. The van der Waals surface area contributed by atoms with Gasteiger partial charge in [-0.3, -0.25) is 0 Å². The Balaban J connectivity index is 2.34. The first-order chi connectivity index (χ1) is 10.6. The van der Waals surface area contributed by atoms with E-state index in [0.29, 0.717) is 19.4 Å². The standard InChI is InChI=1S/C16H24N2O4S/c1-16(2,3)22-15(19)18-11-7-8-13(17)12-23(20,21)14-9-5-4-6-10-14/h4-6,9-10,17H,7-8,11-12H2,1-3H3,(H,18,19). The molecule has 0 saturated carbocycles. The normalized spacial score (nSPS) is 11.8. The molecular weight excluding hydrogens is 316 g/mol. The Labute approximate surface area is 137 Å². The minimum Gasteiger partial charge on any atom is -0.444 e. The summed E-state index contributed by atoms with van der Waals surface area (Å²) in [6.45, 7) is 5.66. The Bertz CT molecular complexity index is 634. The number of ether oxygens (including phenoxy) is 1. The Hall–Kier alpha value is -1.89. The number of nitrogens with one attached hydrogen (secondary N) is 2. The van der Waals surface area contributed by atoms with Crippen LogP contribution in [0.4, 0.5) is 4.79 Å². The molecule has 1 rings (SSSR count). The highest BCUT2D eigenvalue weighted by atomic mass is 32.2. The maximum Gasteiger partial charge on any atom is 0.407 e. The van der Waals surface area contributed by atoms with E-state index in [9.17, 15) is 13.2 Å². The van der Waals surface area contributed by atoms with Crippen LogP contribution >= 0.6 is 0 Å². The number of amides is 1. The monoisotopic (exact) mass is 340 g/mol. The van der Waals surface area contributed by atoms with Crippen LogP contribution in [0.15, 0.2) is 35.2 Å². The van der Waals surface area contributed by atoms with E-state index in [1.165, 1.54) is 12.1 Å². The summed E-state index contributed by atoms with van der Waals surface area (Å²) in [7, 11) is -3.47. The predicted molar refractivity (Wildman–Crippen MR) is 89.7 cm³/mol. The van der Waals surface area contributed by atoms with Crippen LogP contribution < -0.4 is 5.32 Å². The van der Waals surface area contributed by atoms with Gasteiger partial charge in [-0.15, -0.1) is 0 Å². The number of carbonyl (C=O) groups is 1. The lowest BCUT2D eigenvalue weighted by Gasteiger charge is -2.19. The first-order valence-corrected chi connectivity index (χ1v) is 9.06. The molecule has 1 aromatic carbocycles. The molecule has 0 atom stereocenters. The van der Waals surface area contributed by atoms with Gasteiger partial charge in [0.15, 0.2) is 9.84 Å². The first-order valence-electron chi connectivity index (χ1n) is 7.41. The van der Waals surface area contributed by atoms with Gasteiger partial charge in [0.25, 0.3) is 0 Å². The van der Waals surface area contributed by atoms with Gasteiger partial charge in [0.1, 0.15) is 5.60 Å². The van der Waals surface area contributed by atoms with Gasteiger partial charge in [-0.1, -0.05) is 18.2 Å². The van der Waals surface area contributed by atoms with E-state index in [-0.39, 0.29) is 16.4 Å². The van der Waals surface area contributed by atoms with Crippen molar-refractivity contribution in [1.29, 1.82) is 5.41 Å². The van der Waals surface area contributed by atoms with E-state index < -0.39 is 21.5 Å². The van der Waals surface area contributed by atoms with Gasteiger partial charge in [-0.2, -0.15) is 0 Å².